The molecule has 1 N–H and O–H groups in total. The summed E-state index contributed by atoms with van der Waals surface area (Å²) < 4.78 is 0. The van der Waals surface area contributed by atoms with Crippen molar-refractivity contribution in [3.05, 3.63) is 35.4 Å². The summed E-state index contributed by atoms with van der Waals surface area (Å²) in [6.07, 6.45) is 4.68. The highest BCUT2D eigenvalue weighted by Crippen LogP contribution is 2.61. The lowest BCUT2D eigenvalue weighted by Gasteiger charge is -2.14. The Morgan fingerprint density at radius 3 is 2.73 bits per heavy atom. The third kappa shape index (κ3) is 1.41. The van der Waals surface area contributed by atoms with Gasteiger partial charge in [-0.1, -0.05) is 36.2 Å². The molecule has 1 aromatic rings. The van der Waals surface area contributed by atoms with Crippen LogP contribution in [0.2, 0.25) is 0 Å². The molecule has 80 valence electrons. The molecule has 0 aliphatic heterocycles. The second kappa shape index (κ2) is 3.08. The van der Waals surface area contributed by atoms with Crippen LogP contribution < -0.4 is 0 Å². The molecule has 0 heterocycles. The van der Waals surface area contributed by atoms with Crippen molar-refractivity contribution < 1.29 is 5.11 Å². The first kappa shape index (κ1) is 9.41. The van der Waals surface area contributed by atoms with Crippen molar-refractivity contribution in [2.75, 3.05) is 0 Å². The van der Waals surface area contributed by atoms with Crippen LogP contribution in [-0.4, -0.2) is 10.7 Å². The maximum Gasteiger partial charge on any atom is 0.0751 e. The molecule has 0 radical (unpaired) electrons. The minimum Gasteiger partial charge on any atom is -0.389 e. The second-order valence-corrected chi connectivity index (χ2v) is 5.30. The van der Waals surface area contributed by atoms with Crippen molar-refractivity contribution in [1.29, 1.82) is 0 Å². The number of aliphatic hydroxyl groups is 1. The minimum absolute atomic E-state index is 0.341. The third-order valence-electron chi connectivity index (χ3n) is 4.26. The quantitative estimate of drug-likeness (QED) is 0.781. The molecule has 0 saturated heterocycles. The van der Waals surface area contributed by atoms with Crippen LogP contribution in [0.5, 0.6) is 0 Å². The van der Waals surface area contributed by atoms with Crippen LogP contribution in [0, 0.1) is 18.8 Å². The van der Waals surface area contributed by atoms with E-state index in [2.05, 4.69) is 31.2 Å². The monoisotopic (exact) mass is 202 g/mol. The Bertz CT molecular complexity index is 373. The molecule has 0 bridgehead atoms. The van der Waals surface area contributed by atoms with Crippen molar-refractivity contribution in [3.63, 3.8) is 0 Å². The van der Waals surface area contributed by atoms with E-state index in [0.717, 1.165) is 6.42 Å². The number of aryl methyl sites for hydroxylation is 1. The van der Waals surface area contributed by atoms with E-state index >= 15 is 0 Å². The van der Waals surface area contributed by atoms with Crippen molar-refractivity contribution in [2.45, 2.75) is 38.2 Å². The van der Waals surface area contributed by atoms with Crippen LogP contribution in [0.3, 0.4) is 0 Å². The minimum atomic E-state index is -0.341. The standard InChI is InChI=1S/C14H18O/c1-10-4-2-5-11(8-10)9-14(15)12-6-3-7-13(12)14/h2,4-5,8,12-13,15H,3,6-7,9H2,1H3. The third-order valence-corrected chi connectivity index (χ3v) is 4.26. The molecule has 1 aromatic carbocycles. The molecular weight excluding hydrogens is 184 g/mol. The van der Waals surface area contributed by atoms with Crippen molar-refractivity contribution in [1.82, 2.24) is 0 Å². The zero-order chi connectivity index (χ0) is 10.5. The van der Waals surface area contributed by atoms with Gasteiger partial charge in [0.15, 0.2) is 0 Å². The molecular formula is C14H18O. The van der Waals surface area contributed by atoms with E-state index in [1.54, 1.807) is 0 Å². The number of hydrogen-bond donors (Lipinski definition) is 1. The van der Waals surface area contributed by atoms with E-state index in [1.807, 2.05) is 0 Å². The zero-order valence-corrected chi connectivity index (χ0v) is 9.24. The highest BCUT2D eigenvalue weighted by molar-refractivity contribution is 5.28. The first-order chi connectivity index (χ1) is 7.20. The van der Waals surface area contributed by atoms with E-state index in [-0.39, 0.29) is 5.60 Å². The Labute approximate surface area is 91.1 Å². The molecule has 2 aliphatic rings. The average Bonchev–Trinajstić information content (AvgIpc) is 2.63. The Hall–Kier alpha value is -0.820. The van der Waals surface area contributed by atoms with E-state index in [0.29, 0.717) is 11.8 Å². The predicted octanol–water partition coefficient (Wildman–Crippen LogP) is 2.70. The summed E-state index contributed by atoms with van der Waals surface area (Å²) >= 11 is 0. The smallest absolute Gasteiger partial charge is 0.0751 e. The summed E-state index contributed by atoms with van der Waals surface area (Å²) in [4.78, 5) is 0. The van der Waals surface area contributed by atoms with Crippen molar-refractivity contribution in [2.24, 2.45) is 11.8 Å². The molecule has 2 unspecified atom stereocenters. The Balaban J connectivity index is 1.76. The Kier molecular flexibility index (Phi) is 1.93. The van der Waals surface area contributed by atoms with Gasteiger partial charge < -0.3 is 5.11 Å². The summed E-state index contributed by atoms with van der Waals surface area (Å²) in [6.45, 7) is 2.11. The summed E-state index contributed by atoms with van der Waals surface area (Å²) in [5.74, 6) is 1.22. The van der Waals surface area contributed by atoms with Crippen LogP contribution in [0.25, 0.3) is 0 Å². The van der Waals surface area contributed by atoms with E-state index < -0.39 is 0 Å². The van der Waals surface area contributed by atoms with E-state index in [9.17, 15) is 5.11 Å². The van der Waals surface area contributed by atoms with Crippen molar-refractivity contribution in [3.8, 4) is 0 Å². The molecule has 0 aromatic heterocycles. The zero-order valence-electron chi connectivity index (χ0n) is 9.24. The van der Waals surface area contributed by atoms with Gasteiger partial charge in [0.05, 0.1) is 5.60 Å². The summed E-state index contributed by atoms with van der Waals surface area (Å²) in [5.41, 5.74) is 2.25. The number of benzene rings is 1. The summed E-state index contributed by atoms with van der Waals surface area (Å²) in [7, 11) is 0. The van der Waals surface area contributed by atoms with Gasteiger partial charge in [0.25, 0.3) is 0 Å². The molecule has 0 amide bonds. The van der Waals surface area contributed by atoms with Gasteiger partial charge in [-0.25, -0.2) is 0 Å². The maximum absolute atomic E-state index is 10.5. The summed E-state index contributed by atoms with van der Waals surface area (Å²) in [5, 5.41) is 10.5. The molecule has 2 aliphatic carbocycles. The van der Waals surface area contributed by atoms with Gasteiger partial charge in [0.2, 0.25) is 0 Å². The van der Waals surface area contributed by atoms with E-state index in [4.69, 9.17) is 0 Å². The fraction of sp³-hybridized carbons (Fsp3) is 0.571. The van der Waals surface area contributed by atoms with Crippen LogP contribution >= 0.6 is 0 Å². The molecule has 0 spiro atoms. The maximum atomic E-state index is 10.5. The molecule has 1 nitrogen and oxygen atoms in total. The fourth-order valence-electron chi connectivity index (χ4n) is 3.46. The Morgan fingerprint density at radius 2 is 2.07 bits per heavy atom. The van der Waals surface area contributed by atoms with Gasteiger partial charge >= 0.3 is 0 Å². The summed E-state index contributed by atoms with van der Waals surface area (Å²) in [6, 6.07) is 8.54. The fourth-order valence-corrected chi connectivity index (χ4v) is 3.46. The predicted molar refractivity (Wildman–Crippen MR) is 60.7 cm³/mol. The lowest BCUT2D eigenvalue weighted by molar-refractivity contribution is 0.107. The lowest BCUT2D eigenvalue weighted by atomic mass is 9.98. The molecule has 2 fully saturated rings. The lowest BCUT2D eigenvalue weighted by Crippen LogP contribution is -2.19. The van der Waals surface area contributed by atoms with Gasteiger partial charge in [-0.05, 0) is 37.2 Å². The first-order valence-corrected chi connectivity index (χ1v) is 5.98. The molecule has 2 saturated carbocycles. The highest BCUT2D eigenvalue weighted by atomic mass is 16.3. The average molecular weight is 202 g/mol. The van der Waals surface area contributed by atoms with Gasteiger partial charge in [-0.2, -0.15) is 0 Å². The van der Waals surface area contributed by atoms with Gasteiger partial charge in [0.1, 0.15) is 0 Å². The van der Waals surface area contributed by atoms with E-state index in [1.165, 1.54) is 30.4 Å². The number of hydrogen-bond acceptors (Lipinski definition) is 1. The highest BCUT2D eigenvalue weighted by Gasteiger charge is 2.64. The largest absolute Gasteiger partial charge is 0.389 e. The molecule has 3 rings (SSSR count). The van der Waals surface area contributed by atoms with Crippen LogP contribution in [-0.2, 0) is 6.42 Å². The number of fused-ring (bicyclic) bond motifs is 1. The SMILES string of the molecule is Cc1cccc(CC2(O)C3CCCC32)c1. The van der Waals surface area contributed by atoms with Crippen LogP contribution in [0.15, 0.2) is 24.3 Å². The van der Waals surface area contributed by atoms with Gasteiger partial charge in [-0.3, -0.25) is 0 Å². The topological polar surface area (TPSA) is 20.2 Å². The molecule has 2 atom stereocenters. The normalized spacial score (nSPS) is 37.7. The van der Waals surface area contributed by atoms with Crippen LogP contribution in [0.1, 0.15) is 30.4 Å². The Morgan fingerprint density at radius 1 is 1.33 bits per heavy atom. The molecule has 1 heteroatoms. The van der Waals surface area contributed by atoms with Gasteiger partial charge in [0, 0.05) is 6.42 Å². The first-order valence-electron chi connectivity index (χ1n) is 5.98. The van der Waals surface area contributed by atoms with Crippen molar-refractivity contribution >= 4 is 0 Å². The number of rotatable bonds is 2. The molecule has 15 heavy (non-hydrogen) atoms. The second-order valence-electron chi connectivity index (χ2n) is 5.30. The van der Waals surface area contributed by atoms with Crippen LogP contribution in [0.4, 0.5) is 0 Å². The van der Waals surface area contributed by atoms with Gasteiger partial charge in [-0.15, -0.1) is 0 Å².